The third-order valence-electron chi connectivity index (χ3n) is 8.69. The standard InChI is InChI=1S/C41H48N4O6/c1-4-5-6-7-11-22-49-36-20-18-32(19-21-36)34-24-42-38(43-25-34)33-16-14-30(15-17-33)23-37(44-41(48)50-28-31-12-9-8-10-13-31)39(46)45-26-35(27-45)40(47)51-29(2)3/h8-10,12-21,24-25,29,35,37H,4-7,11,22-23,26-28H2,1-3H3,(H,44,48). The molecule has 2 heterocycles. The maximum atomic E-state index is 13.6. The molecular formula is C41H48N4O6. The fourth-order valence-corrected chi connectivity index (χ4v) is 5.75. The summed E-state index contributed by atoms with van der Waals surface area (Å²) in [5, 5.41) is 2.75. The number of aromatic nitrogens is 2. The van der Waals surface area contributed by atoms with Crippen LogP contribution in [-0.4, -0.2) is 64.7 Å². The monoisotopic (exact) mass is 692 g/mol. The van der Waals surface area contributed by atoms with Crippen LogP contribution >= 0.6 is 0 Å². The Balaban J connectivity index is 1.18. The van der Waals surface area contributed by atoms with Crippen molar-refractivity contribution >= 4 is 18.0 Å². The first-order valence-electron chi connectivity index (χ1n) is 17.9. The fraction of sp³-hybridized carbons (Fsp3) is 0.390. The predicted molar refractivity (Wildman–Crippen MR) is 196 cm³/mol. The number of nitrogens with one attached hydrogen (secondary N) is 1. The van der Waals surface area contributed by atoms with E-state index in [1.165, 1.54) is 25.7 Å². The molecule has 5 rings (SSSR count). The maximum Gasteiger partial charge on any atom is 0.408 e. The first-order valence-corrected chi connectivity index (χ1v) is 17.9. The molecule has 1 aromatic heterocycles. The lowest BCUT2D eigenvalue weighted by Gasteiger charge is -2.39. The molecule has 268 valence electrons. The lowest BCUT2D eigenvalue weighted by atomic mass is 9.97. The molecule has 1 aliphatic heterocycles. The van der Waals surface area contributed by atoms with Gasteiger partial charge in [0.2, 0.25) is 5.91 Å². The minimum atomic E-state index is -0.890. The number of unbranched alkanes of at least 4 members (excludes halogenated alkanes) is 4. The molecule has 10 heteroatoms. The molecule has 1 aliphatic rings. The van der Waals surface area contributed by atoms with Crippen LogP contribution < -0.4 is 10.1 Å². The summed E-state index contributed by atoms with van der Waals surface area (Å²) in [5.74, 6) is 0.443. The van der Waals surface area contributed by atoms with Crippen molar-refractivity contribution in [3.8, 4) is 28.3 Å². The molecule has 0 spiro atoms. The minimum Gasteiger partial charge on any atom is -0.494 e. The van der Waals surface area contributed by atoms with Crippen LogP contribution in [0.25, 0.3) is 22.5 Å². The Bertz CT molecular complexity index is 1690. The zero-order chi connectivity index (χ0) is 36.0. The summed E-state index contributed by atoms with van der Waals surface area (Å²) in [6.07, 6.45) is 8.94. The van der Waals surface area contributed by atoms with Crippen molar-refractivity contribution in [3.05, 3.63) is 102 Å². The van der Waals surface area contributed by atoms with Crippen LogP contribution in [0.4, 0.5) is 4.79 Å². The molecule has 1 unspecified atom stereocenters. The summed E-state index contributed by atoms with van der Waals surface area (Å²) in [6.45, 7) is 7.08. The summed E-state index contributed by atoms with van der Waals surface area (Å²) in [7, 11) is 0. The predicted octanol–water partition coefficient (Wildman–Crippen LogP) is 7.41. The Morgan fingerprint density at radius 1 is 0.804 bits per heavy atom. The highest BCUT2D eigenvalue weighted by Gasteiger charge is 2.40. The number of benzene rings is 3. The molecule has 0 aliphatic carbocycles. The van der Waals surface area contributed by atoms with Gasteiger partial charge in [-0.05, 0) is 49.1 Å². The molecule has 0 saturated carbocycles. The molecule has 10 nitrogen and oxygen atoms in total. The van der Waals surface area contributed by atoms with Gasteiger partial charge in [-0.15, -0.1) is 0 Å². The highest BCUT2D eigenvalue weighted by atomic mass is 16.6. The largest absolute Gasteiger partial charge is 0.494 e. The number of carbonyl (C=O) groups excluding carboxylic acids is 3. The van der Waals surface area contributed by atoms with Crippen molar-refractivity contribution in [2.75, 3.05) is 19.7 Å². The average Bonchev–Trinajstić information content (AvgIpc) is 3.12. The van der Waals surface area contributed by atoms with Gasteiger partial charge >= 0.3 is 12.1 Å². The zero-order valence-electron chi connectivity index (χ0n) is 29.8. The second-order valence-corrected chi connectivity index (χ2v) is 13.2. The summed E-state index contributed by atoms with van der Waals surface area (Å²) in [4.78, 5) is 49.4. The van der Waals surface area contributed by atoms with Crippen molar-refractivity contribution < 1.29 is 28.6 Å². The van der Waals surface area contributed by atoms with Crippen LogP contribution in [0.15, 0.2) is 91.3 Å². The van der Waals surface area contributed by atoms with Crippen molar-refractivity contribution in [2.24, 2.45) is 5.92 Å². The number of alkyl carbamates (subject to hydrolysis) is 1. The first-order chi connectivity index (χ1) is 24.8. The van der Waals surface area contributed by atoms with E-state index < -0.39 is 12.1 Å². The minimum absolute atomic E-state index is 0.0763. The van der Waals surface area contributed by atoms with Crippen LogP contribution in [0.2, 0.25) is 0 Å². The molecule has 1 fully saturated rings. The summed E-state index contributed by atoms with van der Waals surface area (Å²) in [6, 6.07) is 24.0. The number of rotatable bonds is 17. The molecule has 4 aromatic rings. The lowest BCUT2D eigenvalue weighted by Crippen LogP contribution is -2.59. The molecule has 3 aromatic carbocycles. The van der Waals surface area contributed by atoms with Gasteiger partial charge in [-0.1, -0.05) is 99.3 Å². The van der Waals surface area contributed by atoms with Gasteiger partial charge in [-0.3, -0.25) is 9.59 Å². The lowest BCUT2D eigenvalue weighted by molar-refractivity contribution is -0.161. The zero-order valence-corrected chi connectivity index (χ0v) is 29.8. The van der Waals surface area contributed by atoms with E-state index in [0.717, 1.165) is 46.6 Å². The molecule has 1 saturated heterocycles. The topological polar surface area (TPSA) is 120 Å². The van der Waals surface area contributed by atoms with Crippen molar-refractivity contribution in [3.63, 3.8) is 0 Å². The van der Waals surface area contributed by atoms with Crippen LogP contribution in [0.5, 0.6) is 5.75 Å². The highest BCUT2D eigenvalue weighted by Crippen LogP contribution is 2.25. The number of ether oxygens (including phenoxy) is 3. The number of amides is 2. The molecule has 0 radical (unpaired) electrons. The second-order valence-electron chi connectivity index (χ2n) is 13.2. The summed E-state index contributed by atoms with van der Waals surface area (Å²) >= 11 is 0. The fourth-order valence-electron chi connectivity index (χ4n) is 5.75. The van der Waals surface area contributed by atoms with E-state index in [0.29, 0.717) is 5.82 Å². The maximum absolute atomic E-state index is 13.6. The van der Waals surface area contributed by atoms with Crippen LogP contribution in [0, 0.1) is 5.92 Å². The third-order valence-corrected chi connectivity index (χ3v) is 8.69. The van der Waals surface area contributed by atoms with E-state index in [1.54, 1.807) is 31.1 Å². The second kappa shape index (κ2) is 18.7. The van der Waals surface area contributed by atoms with Crippen molar-refractivity contribution in [1.82, 2.24) is 20.2 Å². The summed E-state index contributed by atoms with van der Waals surface area (Å²) < 4.78 is 16.6. The van der Waals surface area contributed by atoms with Crippen LogP contribution in [0.3, 0.4) is 0 Å². The van der Waals surface area contributed by atoms with Gasteiger partial charge in [0.1, 0.15) is 18.4 Å². The number of esters is 1. The van der Waals surface area contributed by atoms with Gasteiger partial charge in [0.25, 0.3) is 0 Å². The SMILES string of the molecule is CCCCCCCOc1ccc(-c2cnc(-c3ccc(CC(NC(=O)OCc4ccccc4)C(=O)N4CC(C(=O)OC(C)C)C4)cc3)nc2)cc1. The van der Waals surface area contributed by atoms with Crippen molar-refractivity contribution in [1.29, 1.82) is 0 Å². The first kappa shape index (κ1) is 37.0. The van der Waals surface area contributed by atoms with Gasteiger partial charge < -0.3 is 24.4 Å². The smallest absolute Gasteiger partial charge is 0.408 e. The van der Waals surface area contributed by atoms with E-state index in [4.69, 9.17) is 14.2 Å². The molecule has 51 heavy (non-hydrogen) atoms. The highest BCUT2D eigenvalue weighted by molar-refractivity contribution is 5.88. The van der Waals surface area contributed by atoms with E-state index in [9.17, 15) is 14.4 Å². The molecular weight excluding hydrogens is 644 g/mol. The van der Waals surface area contributed by atoms with E-state index >= 15 is 0 Å². The number of nitrogens with zero attached hydrogens (tertiary/aromatic N) is 3. The number of hydrogen-bond donors (Lipinski definition) is 1. The van der Waals surface area contributed by atoms with E-state index in [-0.39, 0.29) is 50.0 Å². The van der Waals surface area contributed by atoms with Gasteiger partial charge in [0.15, 0.2) is 5.82 Å². The van der Waals surface area contributed by atoms with E-state index in [2.05, 4.69) is 22.2 Å². The third kappa shape index (κ3) is 11.1. The Hall–Kier alpha value is -5.25. The van der Waals surface area contributed by atoms with Gasteiger partial charge in [-0.2, -0.15) is 0 Å². The Labute approximate surface area is 300 Å². The van der Waals surface area contributed by atoms with Gasteiger partial charge in [0, 0.05) is 43.0 Å². The van der Waals surface area contributed by atoms with Crippen LogP contribution in [-0.2, 0) is 32.1 Å². The van der Waals surface area contributed by atoms with Gasteiger partial charge in [-0.25, -0.2) is 14.8 Å². The number of carbonyl (C=O) groups is 3. The molecule has 0 bridgehead atoms. The Morgan fingerprint density at radius 3 is 2.14 bits per heavy atom. The van der Waals surface area contributed by atoms with Crippen LogP contribution in [0.1, 0.15) is 64.0 Å². The number of likely N-dealkylation sites (tertiary alicyclic amines) is 1. The average molecular weight is 693 g/mol. The normalized spacial score (nSPS) is 13.3. The Morgan fingerprint density at radius 2 is 1.47 bits per heavy atom. The van der Waals surface area contributed by atoms with Gasteiger partial charge in [0.05, 0.1) is 18.6 Å². The van der Waals surface area contributed by atoms with E-state index in [1.807, 2.05) is 78.9 Å². The molecule has 2 amide bonds. The van der Waals surface area contributed by atoms with Crippen molar-refractivity contribution in [2.45, 2.75) is 78.0 Å². The Kier molecular flexibility index (Phi) is 13.5. The quantitative estimate of drug-likeness (QED) is 0.0898. The summed E-state index contributed by atoms with van der Waals surface area (Å²) in [5.41, 5.74) is 4.39. The molecule has 1 N–H and O–H groups in total. The molecule has 1 atom stereocenters. The number of hydrogen-bond acceptors (Lipinski definition) is 8.